The maximum Gasteiger partial charge on any atom is 0.356 e. The Morgan fingerprint density at radius 1 is 1.13 bits per heavy atom. The largest absolute Gasteiger partial charge is 0.478 e. The van der Waals surface area contributed by atoms with Gasteiger partial charge in [-0.25, -0.2) is 19.0 Å². The molecule has 0 unspecified atom stereocenters. The molecule has 0 saturated carbocycles. The summed E-state index contributed by atoms with van der Waals surface area (Å²) in [5, 5.41) is 25.0. The highest BCUT2D eigenvalue weighted by Crippen LogP contribution is 2.35. The van der Waals surface area contributed by atoms with Crippen molar-refractivity contribution in [1.82, 2.24) is 25.7 Å². The van der Waals surface area contributed by atoms with Gasteiger partial charge in [0.1, 0.15) is 17.2 Å². The van der Waals surface area contributed by atoms with Gasteiger partial charge in [-0.1, -0.05) is 39.3 Å². The van der Waals surface area contributed by atoms with E-state index in [1.165, 1.54) is 23.2 Å². The number of carboxylic acid groups (broad SMARTS) is 2. The van der Waals surface area contributed by atoms with Crippen molar-refractivity contribution >= 4 is 29.4 Å². The predicted octanol–water partition coefficient (Wildman–Crippen LogP) is 2.14. The number of morpholine rings is 1. The second-order valence-corrected chi connectivity index (χ2v) is 11.8. The fourth-order valence-corrected chi connectivity index (χ4v) is 5.89. The van der Waals surface area contributed by atoms with E-state index in [2.05, 4.69) is 10.7 Å². The van der Waals surface area contributed by atoms with E-state index in [1.807, 2.05) is 20.8 Å². The summed E-state index contributed by atoms with van der Waals surface area (Å²) >= 11 is 0. The monoisotopic (exact) mass is 630 g/mol. The summed E-state index contributed by atoms with van der Waals surface area (Å²) < 4.78 is 20.7. The molecule has 45 heavy (non-hydrogen) atoms. The van der Waals surface area contributed by atoms with E-state index < -0.39 is 29.4 Å². The van der Waals surface area contributed by atoms with Gasteiger partial charge >= 0.3 is 11.9 Å². The molecule has 14 heteroatoms. The third-order valence-corrected chi connectivity index (χ3v) is 7.99. The molecular formula is C31H43FN6O7. The van der Waals surface area contributed by atoms with Crippen LogP contribution >= 0.6 is 0 Å². The average molecular weight is 631 g/mol. The van der Waals surface area contributed by atoms with Crippen LogP contribution in [-0.2, 0) is 23.9 Å². The number of nitrogens with one attached hydrogen (secondary N) is 2. The molecule has 2 saturated heterocycles. The number of allylic oxidation sites excluding steroid dienone is 1. The van der Waals surface area contributed by atoms with Crippen molar-refractivity contribution in [3.8, 4) is 0 Å². The predicted molar refractivity (Wildman–Crippen MR) is 162 cm³/mol. The number of para-hydroxylation sites is 1. The van der Waals surface area contributed by atoms with Crippen LogP contribution in [-0.4, -0.2) is 101 Å². The summed E-state index contributed by atoms with van der Waals surface area (Å²) in [5.41, 5.74) is 2.41. The van der Waals surface area contributed by atoms with E-state index in [4.69, 9.17) is 4.74 Å². The van der Waals surface area contributed by atoms with Gasteiger partial charge < -0.3 is 30.1 Å². The Balaban J connectivity index is 1.76. The van der Waals surface area contributed by atoms with E-state index in [0.29, 0.717) is 70.6 Å². The Labute approximate surface area is 262 Å². The van der Waals surface area contributed by atoms with E-state index >= 15 is 4.39 Å². The first kappa shape index (κ1) is 33.7. The summed E-state index contributed by atoms with van der Waals surface area (Å²) in [4.78, 5) is 55.5. The number of hydrogen-bond donors (Lipinski definition) is 4. The molecule has 0 aliphatic carbocycles. The van der Waals surface area contributed by atoms with Crippen LogP contribution in [0.2, 0.25) is 0 Å². The minimum Gasteiger partial charge on any atom is -0.478 e. The molecule has 3 heterocycles. The van der Waals surface area contributed by atoms with Crippen LogP contribution < -0.4 is 15.8 Å². The number of unbranched alkanes of at least 4 members (excludes halogenated alkanes) is 1. The van der Waals surface area contributed by atoms with Gasteiger partial charge in [-0.05, 0) is 37.3 Å². The third-order valence-electron chi connectivity index (χ3n) is 7.99. The molecule has 0 bridgehead atoms. The van der Waals surface area contributed by atoms with Crippen molar-refractivity contribution in [2.75, 3.05) is 50.9 Å². The number of hydrazine groups is 2. The number of amides is 2. The van der Waals surface area contributed by atoms with Crippen LogP contribution in [0.1, 0.15) is 46.5 Å². The molecule has 0 aromatic heterocycles. The highest BCUT2D eigenvalue weighted by atomic mass is 19.1. The van der Waals surface area contributed by atoms with Gasteiger partial charge in [0.15, 0.2) is 5.70 Å². The standard InChI is InChI=1S/C31H43FN6O7/c1-4-5-9-25-28(34-38(26(31(43)44)16-27(39)40)37(25)24-10-7-6-8-23(24)32)30(42)36(19-20(2)3)22-15-21(17-33-18-22)29(41)35-11-13-45-14-12-35/h6-8,10,16,20-22,33-34H,4-5,9,11-15,17-19H2,1-3H3,(H,39,40)(H,43,44)/b26-16+/t21-,22+/m1/s1. The number of aliphatic carboxylic acids is 2. The maximum atomic E-state index is 15.3. The number of nitrogens with zero attached hydrogens (tertiary/aromatic N) is 4. The second kappa shape index (κ2) is 15.2. The zero-order valence-electron chi connectivity index (χ0n) is 26.0. The Bertz CT molecular complexity index is 1330. The van der Waals surface area contributed by atoms with Gasteiger partial charge in [-0.3, -0.25) is 15.0 Å². The Morgan fingerprint density at radius 3 is 2.47 bits per heavy atom. The van der Waals surface area contributed by atoms with Gasteiger partial charge in [-0.2, -0.15) is 5.12 Å². The summed E-state index contributed by atoms with van der Waals surface area (Å²) in [6.45, 7) is 9.16. The fourth-order valence-electron chi connectivity index (χ4n) is 5.89. The third kappa shape index (κ3) is 7.92. The molecule has 2 atom stereocenters. The van der Waals surface area contributed by atoms with Gasteiger partial charge in [-0.15, -0.1) is 0 Å². The van der Waals surface area contributed by atoms with Crippen LogP contribution in [0, 0.1) is 17.7 Å². The van der Waals surface area contributed by atoms with Gasteiger partial charge in [0.05, 0.1) is 30.9 Å². The van der Waals surface area contributed by atoms with Gasteiger partial charge in [0.25, 0.3) is 5.91 Å². The Hall–Kier alpha value is -4.17. The van der Waals surface area contributed by atoms with Gasteiger partial charge in [0, 0.05) is 38.8 Å². The number of halogens is 1. The molecule has 13 nitrogen and oxygen atoms in total. The molecule has 4 N–H and O–H groups in total. The molecule has 1 aromatic rings. The van der Waals surface area contributed by atoms with Crippen molar-refractivity contribution < 1.29 is 38.5 Å². The number of hydrogen-bond acceptors (Lipinski definition) is 9. The van der Waals surface area contributed by atoms with Crippen LogP contribution in [0.15, 0.2) is 47.4 Å². The first-order chi connectivity index (χ1) is 21.5. The Kier molecular flexibility index (Phi) is 11.4. The van der Waals surface area contributed by atoms with Crippen molar-refractivity contribution in [1.29, 1.82) is 0 Å². The van der Waals surface area contributed by atoms with Crippen LogP contribution in [0.4, 0.5) is 10.1 Å². The lowest BCUT2D eigenvalue weighted by molar-refractivity contribution is -0.142. The second-order valence-electron chi connectivity index (χ2n) is 11.8. The summed E-state index contributed by atoms with van der Waals surface area (Å²) in [7, 11) is 0. The SMILES string of the molecule is CCCCC1=C(C(=O)N(CC(C)C)[C@@H]2CNC[C@H](C(=O)N3CCOCC3)C2)NN(/C(=C/C(=O)O)C(=O)O)N1c1ccccc1F. The zero-order valence-corrected chi connectivity index (χ0v) is 26.0. The summed E-state index contributed by atoms with van der Waals surface area (Å²) in [5.74, 6) is -4.55. The van der Waals surface area contributed by atoms with Crippen LogP contribution in [0.5, 0.6) is 0 Å². The first-order valence-corrected chi connectivity index (χ1v) is 15.4. The Morgan fingerprint density at radius 2 is 1.84 bits per heavy atom. The molecule has 1 aromatic carbocycles. The quantitative estimate of drug-likeness (QED) is 0.251. The van der Waals surface area contributed by atoms with Crippen molar-refractivity contribution in [2.24, 2.45) is 11.8 Å². The normalized spacial score (nSPS) is 20.8. The summed E-state index contributed by atoms with van der Waals surface area (Å²) in [6.07, 6.45) is 2.50. The number of carbonyl (C=O) groups excluding carboxylic acids is 2. The smallest absolute Gasteiger partial charge is 0.356 e. The average Bonchev–Trinajstić information content (AvgIpc) is 3.39. The van der Waals surface area contributed by atoms with Crippen molar-refractivity contribution in [3.05, 3.63) is 53.2 Å². The molecule has 0 radical (unpaired) electrons. The highest BCUT2D eigenvalue weighted by Gasteiger charge is 2.42. The number of anilines is 1. The lowest BCUT2D eigenvalue weighted by Gasteiger charge is -2.40. The first-order valence-electron chi connectivity index (χ1n) is 15.4. The molecule has 246 valence electrons. The fraction of sp³-hybridized carbons (Fsp3) is 0.548. The minimum atomic E-state index is -1.59. The lowest BCUT2D eigenvalue weighted by Crippen LogP contribution is -2.56. The van der Waals surface area contributed by atoms with Crippen molar-refractivity contribution in [3.63, 3.8) is 0 Å². The maximum absolute atomic E-state index is 15.3. The highest BCUT2D eigenvalue weighted by molar-refractivity contribution is 5.98. The molecule has 0 spiro atoms. The molecule has 4 rings (SSSR count). The number of carboxylic acids is 2. The van der Waals surface area contributed by atoms with E-state index in [0.717, 1.165) is 11.5 Å². The summed E-state index contributed by atoms with van der Waals surface area (Å²) in [6, 6.07) is 5.32. The van der Waals surface area contributed by atoms with E-state index in [1.54, 1.807) is 15.9 Å². The topological polar surface area (TPSA) is 155 Å². The zero-order chi connectivity index (χ0) is 32.7. The number of carbonyl (C=O) groups is 4. The number of piperidine rings is 1. The molecular weight excluding hydrogens is 587 g/mol. The molecule has 2 fully saturated rings. The molecule has 2 amide bonds. The number of rotatable bonds is 12. The van der Waals surface area contributed by atoms with Gasteiger partial charge in [0.2, 0.25) is 5.91 Å². The van der Waals surface area contributed by atoms with Crippen LogP contribution in [0.3, 0.4) is 0 Å². The van der Waals surface area contributed by atoms with E-state index in [9.17, 15) is 29.4 Å². The number of benzene rings is 1. The van der Waals surface area contributed by atoms with E-state index in [-0.39, 0.29) is 41.6 Å². The lowest BCUT2D eigenvalue weighted by atomic mass is 9.92. The molecule has 3 aliphatic rings. The number of ether oxygens (including phenoxy) is 1. The molecule has 3 aliphatic heterocycles. The minimum absolute atomic E-state index is 0.0103. The van der Waals surface area contributed by atoms with Crippen molar-refractivity contribution in [2.45, 2.75) is 52.5 Å². The van der Waals surface area contributed by atoms with Crippen LogP contribution in [0.25, 0.3) is 0 Å².